The van der Waals surface area contributed by atoms with Crippen molar-refractivity contribution in [3.63, 3.8) is 0 Å². The maximum absolute atomic E-state index is 13.6. The molecule has 206 valence electrons. The standard InChI is InChI=1S/C27H27Cl2N5O3.C2H6/c1-37-34-25-18(8-9-21(26(34)36)24-22(28)6-3-7-23(24)29)10-12-30-27(32-25)31-19-5-2-4-17(14-19)15-33-13-11-20(35)16-33;1-2/h2-7,9-10,14,20,35H,8,11-13,15-16H2,1H3,(H,30,31);1-2H3. The van der Waals surface area contributed by atoms with Gasteiger partial charge < -0.3 is 10.4 Å². The fourth-order valence-electron chi connectivity index (χ4n) is 4.69. The van der Waals surface area contributed by atoms with Crippen molar-refractivity contribution in [1.29, 1.82) is 0 Å². The van der Waals surface area contributed by atoms with E-state index < -0.39 is 5.91 Å². The molecule has 1 fully saturated rings. The van der Waals surface area contributed by atoms with Gasteiger partial charge in [-0.2, -0.15) is 10.1 Å². The zero-order valence-corrected chi connectivity index (χ0v) is 23.8. The number of halogens is 2. The number of guanidine groups is 1. The summed E-state index contributed by atoms with van der Waals surface area (Å²) >= 11 is 12.8. The molecular weight excluding hydrogens is 537 g/mol. The molecule has 8 nitrogen and oxygen atoms in total. The van der Waals surface area contributed by atoms with Gasteiger partial charge in [0.2, 0.25) is 5.96 Å². The molecule has 1 unspecified atom stereocenters. The van der Waals surface area contributed by atoms with Gasteiger partial charge in [0.1, 0.15) is 0 Å². The molecule has 3 aliphatic heterocycles. The number of likely N-dealkylation sites (tertiary alicyclic amines) is 1. The third-order valence-electron chi connectivity index (χ3n) is 6.46. The number of amides is 1. The van der Waals surface area contributed by atoms with E-state index in [0.29, 0.717) is 52.5 Å². The van der Waals surface area contributed by atoms with Gasteiger partial charge in [0, 0.05) is 36.5 Å². The molecule has 2 aromatic rings. The number of carbonyl (C=O) groups is 1. The van der Waals surface area contributed by atoms with E-state index in [1.54, 1.807) is 24.3 Å². The van der Waals surface area contributed by atoms with Crippen LogP contribution in [0.25, 0.3) is 5.57 Å². The Labute approximate surface area is 239 Å². The highest BCUT2D eigenvalue weighted by Gasteiger charge is 2.32. The smallest absolute Gasteiger partial charge is 0.284 e. The number of carbonyl (C=O) groups excluding carboxylic acids is 1. The summed E-state index contributed by atoms with van der Waals surface area (Å²) in [5, 5.41) is 15.0. The molecule has 3 aliphatic rings. The topological polar surface area (TPSA) is 89.8 Å². The zero-order chi connectivity index (χ0) is 27.9. The molecule has 0 aliphatic carbocycles. The lowest BCUT2D eigenvalue weighted by Gasteiger charge is -2.22. The molecule has 0 aromatic heterocycles. The number of hydroxylamine groups is 2. The lowest BCUT2D eigenvalue weighted by atomic mass is 10.0. The Bertz CT molecular complexity index is 1320. The molecule has 0 radical (unpaired) electrons. The number of aliphatic hydroxyl groups excluding tert-OH is 1. The molecule has 0 saturated carbocycles. The van der Waals surface area contributed by atoms with Crippen LogP contribution in [0.2, 0.25) is 10.0 Å². The fraction of sp³-hybridized carbons (Fsp3) is 0.345. The van der Waals surface area contributed by atoms with E-state index in [1.807, 2.05) is 38.1 Å². The van der Waals surface area contributed by atoms with E-state index >= 15 is 0 Å². The first-order valence-corrected chi connectivity index (χ1v) is 13.8. The maximum Gasteiger partial charge on any atom is 0.284 e. The van der Waals surface area contributed by atoms with Gasteiger partial charge in [-0.05, 0) is 48.2 Å². The third-order valence-corrected chi connectivity index (χ3v) is 7.09. The number of hydrogen-bond donors (Lipinski definition) is 2. The van der Waals surface area contributed by atoms with Crippen LogP contribution in [-0.2, 0) is 16.2 Å². The van der Waals surface area contributed by atoms with Gasteiger partial charge in [0.15, 0.2) is 5.84 Å². The molecule has 2 N–H and O–H groups in total. The quantitative estimate of drug-likeness (QED) is 0.491. The Hall–Kier alpha value is -3.01. The molecule has 1 saturated heterocycles. The third kappa shape index (κ3) is 6.77. The van der Waals surface area contributed by atoms with Gasteiger partial charge >= 0.3 is 0 Å². The van der Waals surface area contributed by atoms with Crippen molar-refractivity contribution >= 4 is 52.2 Å². The number of fused-ring (bicyclic) bond motifs is 1. The summed E-state index contributed by atoms with van der Waals surface area (Å²) in [5.74, 6) is 0.299. The Morgan fingerprint density at radius 2 is 1.87 bits per heavy atom. The molecule has 39 heavy (non-hydrogen) atoms. The van der Waals surface area contributed by atoms with Crippen LogP contribution in [0, 0.1) is 0 Å². The molecule has 5 rings (SSSR count). The van der Waals surface area contributed by atoms with Crippen LogP contribution in [0.1, 0.15) is 37.8 Å². The predicted molar refractivity (Wildman–Crippen MR) is 158 cm³/mol. The fourth-order valence-corrected chi connectivity index (χ4v) is 5.29. The summed E-state index contributed by atoms with van der Waals surface area (Å²) in [6.45, 7) is 6.70. The minimum absolute atomic E-state index is 0.255. The SMILES string of the molecule is CC.CON1C(=O)C(c2c(Cl)cccc2Cl)=CCC2=CCN=C(Nc3cccc(CN4CCC(O)C4)c3)N=C21. The maximum atomic E-state index is 13.6. The molecule has 2 aromatic carbocycles. The van der Waals surface area contributed by atoms with Crippen LogP contribution in [0.3, 0.4) is 0 Å². The number of benzene rings is 2. The minimum atomic E-state index is -0.421. The van der Waals surface area contributed by atoms with Gasteiger partial charge in [-0.3, -0.25) is 14.5 Å². The van der Waals surface area contributed by atoms with E-state index in [0.717, 1.165) is 41.4 Å². The lowest BCUT2D eigenvalue weighted by Crippen LogP contribution is -2.37. The summed E-state index contributed by atoms with van der Waals surface area (Å²) < 4.78 is 0. The number of nitrogens with zero attached hydrogens (tertiary/aromatic N) is 4. The van der Waals surface area contributed by atoms with Crippen LogP contribution in [0.4, 0.5) is 5.69 Å². The van der Waals surface area contributed by atoms with Crippen molar-refractivity contribution < 1.29 is 14.7 Å². The van der Waals surface area contributed by atoms with Crippen molar-refractivity contribution in [3.8, 4) is 0 Å². The second-order valence-electron chi connectivity index (χ2n) is 9.03. The molecule has 10 heteroatoms. The highest BCUT2D eigenvalue weighted by Crippen LogP contribution is 2.35. The molecule has 3 heterocycles. The summed E-state index contributed by atoms with van der Waals surface area (Å²) in [4.78, 5) is 30.6. The predicted octanol–water partition coefficient (Wildman–Crippen LogP) is 5.57. The Balaban J connectivity index is 0.00000172. The zero-order valence-electron chi connectivity index (χ0n) is 22.3. The summed E-state index contributed by atoms with van der Waals surface area (Å²) in [5.41, 5.74) is 3.56. The Morgan fingerprint density at radius 3 is 2.56 bits per heavy atom. The van der Waals surface area contributed by atoms with Crippen molar-refractivity contribution in [2.75, 3.05) is 32.1 Å². The minimum Gasteiger partial charge on any atom is -0.392 e. The molecule has 0 bridgehead atoms. The van der Waals surface area contributed by atoms with Crippen LogP contribution < -0.4 is 5.32 Å². The van der Waals surface area contributed by atoms with Crippen LogP contribution in [0.5, 0.6) is 0 Å². The van der Waals surface area contributed by atoms with E-state index in [9.17, 15) is 9.90 Å². The van der Waals surface area contributed by atoms with E-state index in [1.165, 1.54) is 7.11 Å². The van der Waals surface area contributed by atoms with Crippen molar-refractivity contribution in [2.24, 2.45) is 9.98 Å². The first-order chi connectivity index (χ1) is 18.9. The average Bonchev–Trinajstić information content (AvgIpc) is 3.16. The number of aliphatic hydroxyl groups is 1. The number of anilines is 1. The highest BCUT2D eigenvalue weighted by atomic mass is 35.5. The van der Waals surface area contributed by atoms with Crippen molar-refractivity contribution in [2.45, 2.75) is 39.3 Å². The van der Waals surface area contributed by atoms with Gasteiger partial charge in [-0.1, -0.05) is 67.4 Å². The first kappa shape index (κ1) is 29.0. The number of aliphatic imine (C=N–C) groups is 2. The summed E-state index contributed by atoms with van der Waals surface area (Å²) in [6, 6.07) is 13.1. The Kier molecular flexibility index (Phi) is 9.94. The molecule has 0 spiro atoms. The average molecular weight is 571 g/mol. The van der Waals surface area contributed by atoms with Crippen LogP contribution in [0.15, 0.2) is 70.2 Å². The number of hydrogen-bond acceptors (Lipinski definition) is 7. The molecular formula is C29H33Cl2N5O3. The second-order valence-corrected chi connectivity index (χ2v) is 9.85. The number of nitrogens with one attached hydrogen (secondary N) is 1. The number of amidine groups is 1. The highest BCUT2D eigenvalue weighted by molar-refractivity contribution is 6.41. The van der Waals surface area contributed by atoms with E-state index in [4.69, 9.17) is 33.0 Å². The van der Waals surface area contributed by atoms with Gasteiger partial charge in [-0.15, -0.1) is 0 Å². The largest absolute Gasteiger partial charge is 0.392 e. The molecule has 1 amide bonds. The second kappa shape index (κ2) is 13.4. The van der Waals surface area contributed by atoms with Gasteiger partial charge in [0.25, 0.3) is 5.91 Å². The summed E-state index contributed by atoms with van der Waals surface area (Å²) in [6.07, 6.45) is 4.70. The van der Waals surface area contributed by atoms with Crippen LogP contribution in [-0.4, -0.2) is 65.6 Å². The van der Waals surface area contributed by atoms with E-state index in [2.05, 4.69) is 21.3 Å². The van der Waals surface area contributed by atoms with E-state index in [-0.39, 0.29) is 6.10 Å². The monoisotopic (exact) mass is 569 g/mol. The molecule has 1 atom stereocenters. The summed E-state index contributed by atoms with van der Waals surface area (Å²) in [7, 11) is 1.42. The van der Waals surface area contributed by atoms with Crippen molar-refractivity contribution in [1.82, 2.24) is 9.96 Å². The van der Waals surface area contributed by atoms with Gasteiger partial charge in [-0.25, -0.2) is 4.99 Å². The van der Waals surface area contributed by atoms with Crippen LogP contribution >= 0.6 is 23.2 Å². The van der Waals surface area contributed by atoms with Crippen molar-refractivity contribution in [3.05, 3.63) is 81.4 Å². The van der Waals surface area contributed by atoms with Gasteiger partial charge in [0.05, 0.1) is 29.8 Å². The number of allylic oxidation sites excluding steroid dienone is 1. The first-order valence-electron chi connectivity index (χ1n) is 13.0. The lowest BCUT2D eigenvalue weighted by molar-refractivity contribution is -0.148. The normalized spacial score (nSPS) is 19.5. The number of rotatable bonds is 5. The number of β-amino-alcohol motifs (C(OH)–C–C–N with tert-alkyl or cyclic N) is 1. The Morgan fingerprint density at radius 1 is 1.13 bits per heavy atom.